The maximum atomic E-state index is 11.6. The van der Waals surface area contributed by atoms with Gasteiger partial charge in [0.25, 0.3) is 5.91 Å². The summed E-state index contributed by atoms with van der Waals surface area (Å²) >= 11 is 0.903. The van der Waals surface area contributed by atoms with Gasteiger partial charge in [-0.15, -0.1) is 11.3 Å². The summed E-state index contributed by atoms with van der Waals surface area (Å²) < 4.78 is 0. The van der Waals surface area contributed by atoms with E-state index in [-0.39, 0.29) is 17.0 Å². The van der Waals surface area contributed by atoms with Gasteiger partial charge >= 0.3 is 5.97 Å². The predicted molar refractivity (Wildman–Crippen MR) is 54.2 cm³/mol. The predicted octanol–water partition coefficient (Wildman–Crippen LogP) is 1.12. The summed E-state index contributed by atoms with van der Waals surface area (Å²) in [5.41, 5.74) is 0. The lowest BCUT2D eigenvalue weighted by atomic mass is 9.93. The maximum absolute atomic E-state index is 11.6. The molecule has 0 unspecified atom stereocenters. The molecule has 6 heteroatoms. The van der Waals surface area contributed by atoms with Crippen LogP contribution < -0.4 is 5.32 Å². The Hall–Kier alpha value is -1.43. The molecule has 5 nitrogen and oxygen atoms in total. The van der Waals surface area contributed by atoms with Gasteiger partial charge in [-0.2, -0.15) is 0 Å². The van der Waals surface area contributed by atoms with E-state index in [4.69, 9.17) is 5.11 Å². The molecule has 1 heterocycles. The zero-order valence-electron chi connectivity index (χ0n) is 7.90. The lowest BCUT2D eigenvalue weighted by Crippen LogP contribution is -2.39. The van der Waals surface area contributed by atoms with Crippen LogP contribution in [0.15, 0.2) is 6.20 Å². The fraction of sp³-hybridized carbons (Fsp3) is 0.444. The summed E-state index contributed by atoms with van der Waals surface area (Å²) in [5.74, 6) is -1.31. The molecule has 1 saturated carbocycles. The highest BCUT2D eigenvalue weighted by Gasteiger charge is 2.21. The van der Waals surface area contributed by atoms with Crippen molar-refractivity contribution >= 4 is 23.2 Å². The minimum atomic E-state index is -1.09. The van der Waals surface area contributed by atoms with E-state index >= 15 is 0 Å². The Labute approximate surface area is 90.1 Å². The first-order chi connectivity index (χ1) is 7.16. The zero-order chi connectivity index (χ0) is 10.8. The molecular formula is C9H10N2O3S. The number of hydrogen-bond acceptors (Lipinski definition) is 4. The van der Waals surface area contributed by atoms with Crippen molar-refractivity contribution in [2.45, 2.75) is 25.3 Å². The molecule has 2 rings (SSSR count). The monoisotopic (exact) mass is 226 g/mol. The van der Waals surface area contributed by atoms with E-state index in [1.807, 2.05) is 0 Å². The smallest absolute Gasteiger partial charge is 0.365 e. The third-order valence-electron chi connectivity index (χ3n) is 2.35. The molecule has 0 atom stereocenters. The molecule has 0 aliphatic heterocycles. The number of carbonyl (C=O) groups is 2. The van der Waals surface area contributed by atoms with Gasteiger partial charge in [0.15, 0.2) is 0 Å². The molecule has 2 N–H and O–H groups in total. The Morgan fingerprint density at radius 1 is 1.53 bits per heavy atom. The largest absolute Gasteiger partial charge is 0.476 e. The minimum Gasteiger partial charge on any atom is -0.476 e. The van der Waals surface area contributed by atoms with Crippen molar-refractivity contribution < 1.29 is 14.7 Å². The van der Waals surface area contributed by atoms with Crippen LogP contribution in [0.5, 0.6) is 0 Å². The van der Waals surface area contributed by atoms with E-state index in [9.17, 15) is 9.59 Å². The average molecular weight is 226 g/mol. The fourth-order valence-corrected chi connectivity index (χ4v) is 1.95. The molecule has 1 aromatic rings. The van der Waals surface area contributed by atoms with Gasteiger partial charge in [0.1, 0.15) is 4.88 Å². The van der Waals surface area contributed by atoms with Crippen molar-refractivity contribution in [3.05, 3.63) is 16.1 Å². The molecule has 0 saturated heterocycles. The van der Waals surface area contributed by atoms with Gasteiger partial charge in [0.2, 0.25) is 5.01 Å². The summed E-state index contributed by atoms with van der Waals surface area (Å²) in [6.45, 7) is 0. The fourth-order valence-electron chi connectivity index (χ4n) is 1.29. The van der Waals surface area contributed by atoms with Gasteiger partial charge in [-0.25, -0.2) is 9.78 Å². The number of carboxylic acids is 1. The molecule has 15 heavy (non-hydrogen) atoms. The van der Waals surface area contributed by atoms with Crippen LogP contribution in [0.25, 0.3) is 0 Å². The highest BCUT2D eigenvalue weighted by atomic mass is 32.1. The lowest BCUT2D eigenvalue weighted by Gasteiger charge is -2.25. The van der Waals surface area contributed by atoms with Crippen LogP contribution in [-0.4, -0.2) is 28.0 Å². The Kier molecular flexibility index (Phi) is 2.68. The Bertz CT molecular complexity index is 398. The molecular weight excluding hydrogens is 216 g/mol. The van der Waals surface area contributed by atoms with E-state index in [1.165, 1.54) is 6.20 Å². The van der Waals surface area contributed by atoms with Crippen molar-refractivity contribution in [1.82, 2.24) is 10.3 Å². The lowest BCUT2D eigenvalue weighted by molar-refractivity contribution is 0.0696. The van der Waals surface area contributed by atoms with Crippen LogP contribution >= 0.6 is 11.3 Å². The Morgan fingerprint density at radius 2 is 2.27 bits per heavy atom. The summed E-state index contributed by atoms with van der Waals surface area (Å²) in [6, 6.07) is 0.257. The first-order valence-corrected chi connectivity index (χ1v) is 5.48. The van der Waals surface area contributed by atoms with Gasteiger partial charge in [-0.05, 0) is 19.3 Å². The molecule has 0 aromatic carbocycles. The molecule has 0 spiro atoms. The number of carboxylic acid groups (broad SMARTS) is 1. The summed E-state index contributed by atoms with van der Waals surface area (Å²) in [5, 5.41) is 11.4. The number of carbonyl (C=O) groups excluding carboxylic acids is 1. The van der Waals surface area contributed by atoms with Crippen molar-refractivity contribution in [2.24, 2.45) is 0 Å². The highest BCUT2D eigenvalue weighted by Crippen LogP contribution is 2.19. The quantitative estimate of drug-likeness (QED) is 0.809. The molecule has 1 aromatic heterocycles. The second-order valence-electron chi connectivity index (χ2n) is 3.44. The molecule has 0 bridgehead atoms. The standard InChI is InChI=1S/C9H10N2O3S/c12-7(11-5-2-1-3-5)6-4-10-8(15-6)9(13)14/h4-5H,1-3H2,(H,11,12)(H,13,14). The van der Waals surface area contributed by atoms with Crippen LogP contribution in [0.1, 0.15) is 38.7 Å². The van der Waals surface area contributed by atoms with Crippen molar-refractivity contribution in [3.8, 4) is 0 Å². The first kappa shape index (κ1) is 10.1. The number of aromatic carboxylic acids is 1. The van der Waals surface area contributed by atoms with Crippen LogP contribution in [0.3, 0.4) is 0 Å². The van der Waals surface area contributed by atoms with Crippen LogP contribution in [0.2, 0.25) is 0 Å². The Morgan fingerprint density at radius 3 is 2.73 bits per heavy atom. The molecule has 1 fully saturated rings. The van der Waals surface area contributed by atoms with Crippen LogP contribution in [0.4, 0.5) is 0 Å². The number of nitrogens with one attached hydrogen (secondary N) is 1. The summed E-state index contributed by atoms with van der Waals surface area (Å²) in [7, 11) is 0. The molecule has 80 valence electrons. The van der Waals surface area contributed by atoms with E-state index in [2.05, 4.69) is 10.3 Å². The van der Waals surface area contributed by atoms with Crippen molar-refractivity contribution in [1.29, 1.82) is 0 Å². The van der Waals surface area contributed by atoms with Crippen molar-refractivity contribution in [3.63, 3.8) is 0 Å². The number of thiazole rings is 1. The molecule has 1 aliphatic rings. The number of nitrogens with zero attached hydrogens (tertiary/aromatic N) is 1. The SMILES string of the molecule is O=C(NC1CCC1)c1cnc(C(=O)O)s1. The second kappa shape index (κ2) is 3.98. The number of amides is 1. The molecule has 1 amide bonds. The van der Waals surface area contributed by atoms with E-state index in [0.29, 0.717) is 4.88 Å². The van der Waals surface area contributed by atoms with Gasteiger partial charge in [-0.1, -0.05) is 0 Å². The van der Waals surface area contributed by atoms with Crippen molar-refractivity contribution in [2.75, 3.05) is 0 Å². The average Bonchev–Trinajstić information content (AvgIpc) is 2.59. The number of hydrogen-bond donors (Lipinski definition) is 2. The maximum Gasteiger partial charge on any atom is 0.365 e. The zero-order valence-corrected chi connectivity index (χ0v) is 8.71. The van der Waals surface area contributed by atoms with E-state index < -0.39 is 5.97 Å². The van der Waals surface area contributed by atoms with Gasteiger partial charge < -0.3 is 10.4 Å². The number of rotatable bonds is 3. The molecule has 0 radical (unpaired) electrons. The van der Waals surface area contributed by atoms with Crippen LogP contribution in [-0.2, 0) is 0 Å². The van der Waals surface area contributed by atoms with Gasteiger partial charge in [0.05, 0.1) is 6.20 Å². The van der Waals surface area contributed by atoms with E-state index in [1.54, 1.807) is 0 Å². The third-order valence-corrected chi connectivity index (χ3v) is 3.34. The molecule has 1 aliphatic carbocycles. The van der Waals surface area contributed by atoms with E-state index in [0.717, 1.165) is 30.6 Å². The topological polar surface area (TPSA) is 79.3 Å². The first-order valence-electron chi connectivity index (χ1n) is 4.67. The van der Waals surface area contributed by atoms with Gasteiger partial charge in [0, 0.05) is 6.04 Å². The minimum absolute atomic E-state index is 0.0474. The summed E-state index contributed by atoms with van der Waals surface area (Å²) in [4.78, 5) is 26.1. The summed E-state index contributed by atoms with van der Waals surface area (Å²) in [6.07, 6.45) is 4.47. The third kappa shape index (κ3) is 2.15. The number of aromatic nitrogens is 1. The highest BCUT2D eigenvalue weighted by molar-refractivity contribution is 7.15. The van der Waals surface area contributed by atoms with Crippen LogP contribution in [0, 0.1) is 0 Å². The Balaban J connectivity index is 2.01. The normalized spacial score (nSPS) is 15.7. The second-order valence-corrected chi connectivity index (χ2v) is 4.47. The van der Waals surface area contributed by atoms with Gasteiger partial charge in [-0.3, -0.25) is 4.79 Å².